The molecule has 1 aliphatic carbocycles. The zero-order valence-electron chi connectivity index (χ0n) is 14.9. The molecule has 0 N–H and O–H groups in total. The molecule has 1 aliphatic heterocycles. The molecule has 2 aromatic heterocycles. The Balaban J connectivity index is 1.54. The molecule has 0 aromatic carbocycles. The number of aryl methyl sites for hydroxylation is 3. The molecule has 0 radical (unpaired) electrons. The molecule has 1 saturated heterocycles. The summed E-state index contributed by atoms with van der Waals surface area (Å²) in [5, 5.41) is 8.78. The highest BCUT2D eigenvalue weighted by molar-refractivity contribution is 5.83. The molecule has 0 spiro atoms. The molecule has 0 bridgehead atoms. The van der Waals surface area contributed by atoms with E-state index in [1.807, 2.05) is 35.9 Å². The van der Waals surface area contributed by atoms with Gasteiger partial charge in [0.05, 0.1) is 17.9 Å². The van der Waals surface area contributed by atoms with Crippen molar-refractivity contribution in [3.05, 3.63) is 34.9 Å². The van der Waals surface area contributed by atoms with Crippen molar-refractivity contribution in [2.24, 2.45) is 20.0 Å². The zero-order valence-corrected chi connectivity index (χ0v) is 14.9. The van der Waals surface area contributed by atoms with Crippen molar-refractivity contribution in [2.45, 2.75) is 45.1 Å². The van der Waals surface area contributed by atoms with Gasteiger partial charge in [-0.05, 0) is 44.6 Å². The molecule has 3 heterocycles. The van der Waals surface area contributed by atoms with Gasteiger partial charge in [0, 0.05) is 44.0 Å². The van der Waals surface area contributed by atoms with Crippen LogP contribution in [0.4, 0.5) is 0 Å². The minimum absolute atomic E-state index is 0.132. The summed E-state index contributed by atoms with van der Waals surface area (Å²) in [6.07, 6.45) is 7.01. The molecule has 0 unspecified atom stereocenters. The van der Waals surface area contributed by atoms with E-state index in [0.29, 0.717) is 11.8 Å². The fraction of sp³-hybridized carbons (Fsp3) is 0.611. The minimum atomic E-state index is 0.132. The maximum atomic E-state index is 13.1. The van der Waals surface area contributed by atoms with Crippen LogP contribution in [0.3, 0.4) is 0 Å². The lowest BCUT2D eigenvalue weighted by molar-refractivity contribution is -0.133. The van der Waals surface area contributed by atoms with E-state index in [1.54, 1.807) is 0 Å². The summed E-state index contributed by atoms with van der Waals surface area (Å²) >= 11 is 0. The molecular formula is C18H25N5O. The van der Waals surface area contributed by atoms with Gasteiger partial charge in [0.1, 0.15) is 0 Å². The van der Waals surface area contributed by atoms with Crippen molar-refractivity contribution in [3.63, 3.8) is 0 Å². The van der Waals surface area contributed by atoms with Crippen LogP contribution in [0.1, 0.15) is 53.7 Å². The van der Waals surface area contributed by atoms with Gasteiger partial charge in [0.25, 0.3) is 0 Å². The number of hydrogen-bond acceptors (Lipinski definition) is 3. The first-order chi connectivity index (χ1) is 11.5. The number of nitrogens with zero attached hydrogens (tertiary/aromatic N) is 5. The minimum Gasteiger partial charge on any atom is -0.335 e. The summed E-state index contributed by atoms with van der Waals surface area (Å²) < 4.78 is 3.75. The monoisotopic (exact) mass is 327 g/mol. The lowest BCUT2D eigenvalue weighted by atomic mass is 10.0. The highest BCUT2D eigenvalue weighted by Crippen LogP contribution is 2.50. The number of rotatable bonds is 3. The van der Waals surface area contributed by atoms with Gasteiger partial charge >= 0.3 is 0 Å². The van der Waals surface area contributed by atoms with E-state index in [4.69, 9.17) is 0 Å². The molecule has 2 aromatic rings. The maximum Gasteiger partial charge on any atom is 0.226 e. The molecule has 1 saturated carbocycles. The number of amides is 1. The van der Waals surface area contributed by atoms with Gasteiger partial charge in [-0.15, -0.1) is 0 Å². The van der Waals surface area contributed by atoms with Crippen LogP contribution in [-0.4, -0.2) is 36.9 Å². The topological polar surface area (TPSA) is 56.0 Å². The van der Waals surface area contributed by atoms with Gasteiger partial charge in [0.15, 0.2) is 0 Å². The van der Waals surface area contributed by atoms with E-state index in [2.05, 4.69) is 28.9 Å². The van der Waals surface area contributed by atoms with Crippen molar-refractivity contribution in [3.8, 4) is 0 Å². The summed E-state index contributed by atoms with van der Waals surface area (Å²) in [5.41, 5.74) is 4.68. The third kappa shape index (κ3) is 2.36. The first-order valence-corrected chi connectivity index (χ1v) is 8.76. The second-order valence-corrected chi connectivity index (χ2v) is 7.29. The average molecular weight is 327 g/mol. The van der Waals surface area contributed by atoms with E-state index in [9.17, 15) is 4.79 Å². The number of carbonyl (C=O) groups is 1. The molecule has 6 nitrogen and oxygen atoms in total. The third-order valence-corrected chi connectivity index (χ3v) is 5.69. The summed E-state index contributed by atoms with van der Waals surface area (Å²) in [6.45, 7) is 5.03. The normalized spacial score (nSPS) is 26.2. The van der Waals surface area contributed by atoms with E-state index >= 15 is 0 Å². The maximum absolute atomic E-state index is 13.1. The fourth-order valence-electron chi connectivity index (χ4n) is 4.28. The van der Waals surface area contributed by atoms with E-state index in [-0.39, 0.29) is 12.0 Å². The summed E-state index contributed by atoms with van der Waals surface area (Å²) in [7, 11) is 3.90. The van der Waals surface area contributed by atoms with Crippen molar-refractivity contribution >= 4 is 5.91 Å². The quantitative estimate of drug-likeness (QED) is 0.869. The van der Waals surface area contributed by atoms with Gasteiger partial charge in [-0.2, -0.15) is 10.2 Å². The first-order valence-electron chi connectivity index (χ1n) is 8.76. The molecule has 4 rings (SSSR count). The SMILES string of the molecule is Cc1nn(C)c(C)c1[C@@H]1CCCN1C(=O)[C@H]1C[C@@H]1c1cnn(C)c1. The second-order valence-electron chi connectivity index (χ2n) is 7.29. The van der Waals surface area contributed by atoms with Crippen LogP contribution in [0.15, 0.2) is 12.4 Å². The average Bonchev–Trinajstić information content (AvgIpc) is 2.84. The Morgan fingerprint density at radius 1 is 1.29 bits per heavy atom. The molecule has 24 heavy (non-hydrogen) atoms. The second kappa shape index (κ2) is 5.46. The molecule has 6 heteroatoms. The fourth-order valence-corrected chi connectivity index (χ4v) is 4.28. The molecule has 3 atom stereocenters. The van der Waals surface area contributed by atoms with Crippen LogP contribution < -0.4 is 0 Å². The van der Waals surface area contributed by atoms with E-state index < -0.39 is 0 Å². The summed E-state index contributed by atoms with van der Waals surface area (Å²) in [4.78, 5) is 15.2. The van der Waals surface area contributed by atoms with Gasteiger partial charge in [0.2, 0.25) is 5.91 Å². The number of hydrogen-bond donors (Lipinski definition) is 0. The van der Waals surface area contributed by atoms with Crippen LogP contribution in [0.5, 0.6) is 0 Å². The Kier molecular flexibility index (Phi) is 3.51. The van der Waals surface area contributed by atoms with Gasteiger partial charge in [-0.25, -0.2) is 0 Å². The molecule has 2 fully saturated rings. The van der Waals surface area contributed by atoms with Gasteiger partial charge < -0.3 is 4.90 Å². The Labute approximate surface area is 142 Å². The Morgan fingerprint density at radius 2 is 2.08 bits per heavy atom. The first kappa shape index (κ1) is 15.4. The molecule has 2 aliphatic rings. The number of aromatic nitrogens is 4. The Hall–Kier alpha value is -2.11. The number of likely N-dealkylation sites (tertiary alicyclic amines) is 1. The van der Waals surface area contributed by atoms with Crippen LogP contribution in [0, 0.1) is 19.8 Å². The van der Waals surface area contributed by atoms with Crippen LogP contribution in [-0.2, 0) is 18.9 Å². The molecule has 1 amide bonds. The third-order valence-electron chi connectivity index (χ3n) is 5.69. The lowest BCUT2D eigenvalue weighted by Gasteiger charge is -2.25. The highest BCUT2D eigenvalue weighted by atomic mass is 16.2. The number of carbonyl (C=O) groups excluding carboxylic acids is 1. The highest BCUT2D eigenvalue weighted by Gasteiger charge is 2.48. The predicted octanol–water partition coefficient (Wildman–Crippen LogP) is 2.24. The molecule has 128 valence electrons. The van der Waals surface area contributed by atoms with Gasteiger partial charge in [-0.3, -0.25) is 14.2 Å². The smallest absolute Gasteiger partial charge is 0.226 e. The summed E-state index contributed by atoms with van der Waals surface area (Å²) in [6, 6.07) is 0.196. The Bertz CT molecular complexity index is 789. The summed E-state index contributed by atoms with van der Waals surface area (Å²) in [5.74, 6) is 0.796. The van der Waals surface area contributed by atoms with Crippen molar-refractivity contribution in [1.82, 2.24) is 24.5 Å². The molecular weight excluding hydrogens is 302 g/mol. The van der Waals surface area contributed by atoms with Gasteiger partial charge in [-0.1, -0.05) is 0 Å². The largest absolute Gasteiger partial charge is 0.335 e. The van der Waals surface area contributed by atoms with Crippen molar-refractivity contribution in [1.29, 1.82) is 0 Å². The van der Waals surface area contributed by atoms with Crippen LogP contribution in [0.25, 0.3) is 0 Å². The lowest BCUT2D eigenvalue weighted by Crippen LogP contribution is -2.32. The Morgan fingerprint density at radius 3 is 2.71 bits per heavy atom. The van der Waals surface area contributed by atoms with Crippen molar-refractivity contribution in [2.75, 3.05) is 6.54 Å². The van der Waals surface area contributed by atoms with E-state index in [0.717, 1.165) is 31.5 Å². The van der Waals surface area contributed by atoms with E-state index in [1.165, 1.54) is 16.8 Å². The van der Waals surface area contributed by atoms with Crippen molar-refractivity contribution < 1.29 is 4.79 Å². The standard InChI is InChI=1S/C18H25N5O/c1-11-17(12(2)22(4)20-11)16-6-5-7-23(16)18(24)15-8-14(15)13-9-19-21(3)10-13/h9-10,14-16H,5-8H2,1-4H3/t14-,15+,16+/m1/s1. The zero-order chi connectivity index (χ0) is 17.0. The predicted molar refractivity (Wildman–Crippen MR) is 90.4 cm³/mol. The van der Waals surface area contributed by atoms with Crippen LogP contribution >= 0.6 is 0 Å². The van der Waals surface area contributed by atoms with Crippen LogP contribution in [0.2, 0.25) is 0 Å².